The largest absolute Gasteiger partial charge is 0.311 e. The zero-order valence-corrected chi connectivity index (χ0v) is 8.23. The molecule has 0 amide bonds. The highest BCUT2D eigenvalue weighted by Crippen LogP contribution is 2.15. The van der Waals surface area contributed by atoms with Crippen LogP contribution in [0.25, 0.3) is 0 Å². The Labute approximate surface area is 83.5 Å². The van der Waals surface area contributed by atoms with Crippen molar-refractivity contribution in [3.05, 3.63) is 22.5 Å². The van der Waals surface area contributed by atoms with Gasteiger partial charge in [0.2, 0.25) is 5.96 Å². The fraction of sp³-hybridized carbons (Fsp3) is 0.125. The topological polar surface area (TPSA) is 45.0 Å². The Balaban J connectivity index is 2.31. The summed E-state index contributed by atoms with van der Waals surface area (Å²) in [6.07, 6.45) is 5.88. The molecular weight excluding hydrogens is 234 g/mol. The molecule has 0 unspecified atom stereocenters. The summed E-state index contributed by atoms with van der Waals surface area (Å²) in [5, 5.41) is 0. The lowest BCUT2D eigenvalue weighted by molar-refractivity contribution is -0.105. The van der Waals surface area contributed by atoms with Crippen molar-refractivity contribution in [1.29, 1.82) is 0 Å². The molecule has 13 heavy (non-hydrogen) atoms. The van der Waals surface area contributed by atoms with Crippen molar-refractivity contribution in [1.82, 2.24) is 4.90 Å². The molecule has 2 aliphatic heterocycles. The number of aliphatic imine (C=N–C) groups is 2. The number of carbonyl (C=O) groups excluding carboxylic acids is 1. The Kier molecular flexibility index (Phi) is 2.10. The lowest BCUT2D eigenvalue weighted by Gasteiger charge is -2.24. The van der Waals surface area contributed by atoms with Gasteiger partial charge < -0.3 is 4.90 Å². The van der Waals surface area contributed by atoms with Crippen LogP contribution in [0.15, 0.2) is 32.4 Å². The second kappa shape index (κ2) is 3.26. The molecule has 0 aromatic heterocycles. The molecule has 0 N–H and O–H groups in total. The number of nitrogens with zero attached hydrogens (tertiary/aromatic N) is 3. The van der Waals surface area contributed by atoms with Crippen LogP contribution in [0.4, 0.5) is 0 Å². The SMILES string of the molecule is O=CC1=CN=C2N=CC(Br)=CN2C1. The van der Waals surface area contributed by atoms with Gasteiger partial charge in [0.1, 0.15) is 6.29 Å². The fourth-order valence-corrected chi connectivity index (χ4v) is 1.45. The third-order valence-electron chi connectivity index (χ3n) is 1.69. The summed E-state index contributed by atoms with van der Waals surface area (Å²) in [7, 11) is 0. The van der Waals surface area contributed by atoms with E-state index in [1.165, 1.54) is 0 Å². The monoisotopic (exact) mass is 239 g/mol. The summed E-state index contributed by atoms with van der Waals surface area (Å²) >= 11 is 3.30. The molecular formula is C8H6BrN3O. The second-order valence-corrected chi connectivity index (χ2v) is 3.57. The third-order valence-corrected chi connectivity index (χ3v) is 2.10. The van der Waals surface area contributed by atoms with Crippen molar-refractivity contribution in [2.75, 3.05) is 6.54 Å². The van der Waals surface area contributed by atoms with E-state index in [1.807, 2.05) is 11.1 Å². The summed E-state index contributed by atoms with van der Waals surface area (Å²) in [5.41, 5.74) is 0.650. The number of fused-ring (bicyclic) bond motifs is 1. The van der Waals surface area contributed by atoms with Crippen molar-refractivity contribution >= 4 is 34.4 Å². The van der Waals surface area contributed by atoms with E-state index in [0.29, 0.717) is 18.1 Å². The first-order valence-corrected chi connectivity index (χ1v) is 4.49. The maximum atomic E-state index is 10.5. The number of hydrogen-bond donors (Lipinski definition) is 0. The number of halogens is 1. The number of rotatable bonds is 1. The molecule has 0 spiro atoms. The lowest BCUT2D eigenvalue weighted by atomic mass is 10.2. The summed E-state index contributed by atoms with van der Waals surface area (Å²) in [4.78, 5) is 20.4. The molecule has 2 heterocycles. The number of allylic oxidation sites excluding steroid dienone is 1. The van der Waals surface area contributed by atoms with Crippen molar-refractivity contribution in [3.63, 3.8) is 0 Å². The number of aldehydes is 1. The van der Waals surface area contributed by atoms with E-state index in [9.17, 15) is 4.79 Å². The second-order valence-electron chi connectivity index (χ2n) is 2.65. The van der Waals surface area contributed by atoms with Gasteiger partial charge in [-0.2, -0.15) is 0 Å². The molecule has 66 valence electrons. The summed E-state index contributed by atoms with van der Waals surface area (Å²) in [6.45, 7) is 0.536. The molecule has 0 saturated carbocycles. The third kappa shape index (κ3) is 1.60. The Morgan fingerprint density at radius 3 is 3.23 bits per heavy atom. The first kappa shape index (κ1) is 8.37. The molecule has 0 bridgehead atoms. The first-order valence-electron chi connectivity index (χ1n) is 3.69. The molecule has 0 radical (unpaired) electrons. The van der Waals surface area contributed by atoms with Crippen LogP contribution in [0.1, 0.15) is 0 Å². The van der Waals surface area contributed by atoms with Crippen molar-refractivity contribution < 1.29 is 4.79 Å². The van der Waals surface area contributed by atoms with Crippen molar-refractivity contribution in [3.8, 4) is 0 Å². The molecule has 0 saturated heterocycles. The summed E-state index contributed by atoms with van der Waals surface area (Å²) in [5.74, 6) is 0.619. The molecule has 0 atom stereocenters. The van der Waals surface area contributed by atoms with Crippen LogP contribution in [-0.2, 0) is 4.79 Å². The molecule has 4 nitrogen and oxygen atoms in total. The van der Waals surface area contributed by atoms with Gasteiger partial charge in [0, 0.05) is 24.2 Å². The lowest BCUT2D eigenvalue weighted by Crippen LogP contribution is -2.31. The zero-order valence-electron chi connectivity index (χ0n) is 6.64. The van der Waals surface area contributed by atoms with E-state index in [1.54, 1.807) is 12.4 Å². The van der Waals surface area contributed by atoms with Crippen LogP contribution in [0.5, 0.6) is 0 Å². The quantitative estimate of drug-likeness (QED) is 0.643. The molecule has 2 aliphatic rings. The maximum Gasteiger partial charge on any atom is 0.229 e. The first-order chi connectivity index (χ1) is 6.29. The average Bonchev–Trinajstić information content (AvgIpc) is 2.16. The minimum Gasteiger partial charge on any atom is -0.311 e. The van der Waals surface area contributed by atoms with Gasteiger partial charge in [-0.1, -0.05) is 0 Å². The Bertz CT molecular complexity index is 368. The number of hydrogen-bond acceptors (Lipinski definition) is 4. The van der Waals surface area contributed by atoms with Gasteiger partial charge in [-0.3, -0.25) is 4.79 Å². The van der Waals surface area contributed by atoms with E-state index >= 15 is 0 Å². The van der Waals surface area contributed by atoms with Crippen LogP contribution in [-0.4, -0.2) is 29.9 Å². The van der Waals surface area contributed by atoms with Crippen molar-refractivity contribution in [2.24, 2.45) is 9.98 Å². The minimum absolute atomic E-state index is 0.536. The van der Waals surface area contributed by atoms with Crippen LogP contribution in [0.2, 0.25) is 0 Å². The van der Waals surface area contributed by atoms with E-state index in [2.05, 4.69) is 25.9 Å². The van der Waals surface area contributed by atoms with Gasteiger partial charge in [-0.05, 0) is 15.9 Å². The Hall–Kier alpha value is -1.23. The molecule has 5 heteroatoms. The standard InChI is InChI=1S/C8H6BrN3O/c9-7-2-11-8-10-1-6(5-13)3-12(8)4-7/h1-2,4-5H,3H2. The molecule has 0 aromatic carbocycles. The van der Waals surface area contributed by atoms with E-state index in [4.69, 9.17) is 0 Å². The predicted octanol–water partition coefficient (Wildman–Crippen LogP) is 1.06. The highest BCUT2D eigenvalue weighted by atomic mass is 79.9. The average molecular weight is 240 g/mol. The number of carbonyl (C=O) groups is 1. The molecule has 0 fully saturated rings. The van der Waals surface area contributed by atoms with Gasteiger partial charge in [0.05, 0.1) is 11.0 Å². The van der Waals surface area contributed by atoms with Crippen LogP contribution >= 0.6 is 15.9 Å². The van der Waals surface area contributed by atoms with Crippen molar-refractivity contribution in [2.45, 2.75) is 0 Å². The van der Waals surface area contributed by atoms with Gasteiger partial charge in [-0.25, -0.2) is 9.98 Å². The van der Waals surface area contributed by atoms with Gasteiger partial charge in [0.15, 0.2) is 0 Å². The highest BCUT2D eigenvalue weighted by molar-refractivity contribution is 9.12. The Morgan fingerprint density at radius 2 is 2.46 bits per heavy atom. The van der Waals surface area contributed by atoms with E-state index in [0.717, 1.165) is 10.8 Å². The van der Waals surface area contributed by atoms with E-state index in [-0.39, 0.29) is 0 Å². The van der Waals surface area contributed by atoms with Crippen LogP contribution < -0.4 is 0 Å². The number of guanidine groups is 1. The summed E-state index contributed by atoms with van der Waals surface area (Å²) < 4.78 is 0.874. The highest BCUT2D eigenvalue weighted by Gasteiger charge is 2.16. The van der Waals surface area contributed by atoms with Gasteiger partial charge in [0.25, 0.3) is 0 Å². The molecule has 0 aliphatic carbocycles. The summed E-state index contributed by atoms with van der Waals surface area (Å²) in [6, 6.07) is 0. The minimum atomic E-state index is 0.536. The fourth-order valence-electron chi connectivity index (χ4n) is 1.10. The van der Waals surface area contributed by atoms with E-state index < -0.39 is 0 Å². The smallest absolute Gasteiger partial charge is 0.229 e. The normalized spacial score (nSPS) is 20.1. The van der Waals surface area contributed by atoms with Crippen LogP contribution in [0, 0.1) is 0 Å². The molecule has 2 rings (SSSR count). The van der Waals surface area contributed by atoms with Crippen LogP contribution in [0.3, 0.4) is 0 Å². The maximum absolute atomic E-state index is 10.5. The Morgan fingerprint density at radius 1 is 1.62 bits per heavy atom. The predicted molar refractivity (Wildman–Crippen MR) is 53.8 cm³/mol. The van der Waals surface area contributed by atoms with Gasteiger partial charge in [-0.15, -0.1) is 0 Å². The molecule has 0 aromatic rings. The zero-order chi connectivity index (χ0) is 9.26. The van der Waals surface area contributed by atoms with Gasteiger partial charge >= 0.3 is 0 Å².